The number of nitrogens with one attached hydrogen (secondary N) is 2. The van der Waals surface area contributed by atoms with Gasteiger partial charge in [0.05, 0.1) is 22.6 Å². The molecule has 0 heterocycles. The molecule has 1 aromatic carbocycles. The predicted molar refractivity (Wildman–Crippen MR) is 85.6 cm³/mol. The van der Waals surface area contributed by atoms with Crippen LogP contribution >= 0.6 is 11.6 Å². The van der Waals surface area contributed by atoms with E-state index in [9.17, 15) is 13.2 Å². The number of amides is 1. The van der Waals surface area contributed by atoms with Gasteiger partial charge in [0.25, 0.3) is 0 Å². The molecule has 0 saturated carbocycles. The Balaban J connectivity index is 2.88. The standard InChI is InChI=1S/C14H19ClN2O4S/c1-4-8-16-14(18)10(3)17-22(19,20)11-6-7-13(21-5-2)12(15)9-11/h4,6-7,9-10,17H,1,5,8H2,2-3H3,(H,16,18)/t10-/m1/s1. The van der Waals surface area contributed by atoms with Crippen molar-refractivity contribution < 1.29 is 17.9 Å². The molecular weight excluding hydrogens is 328 g/mol. The summed E-state index contributed by atoms with van der Waals surface area (Å²) in [5, 5.41) is 2.70. The van der Waals surface area contributed by atoms with Gasteiger partial charge in [-0.1, -0.05) is 17.7 Å². The highest BCUT2D eigenvalue weighted by atomic mass is 35.5. The van der Waals surface area contributed by atoms with E-state index in [1.165, 1.54) is 31.2 Å². The lowest BCUT2D eigenvalue weighted by atomic mass is 10.3. The largest absolute Gasteiger partial charge is 0.492 e. The molecule has 122 valence electrons. The Kier molecular flexibility index (Phi) is 6.86. The summed E-state index contributed by atoms with van der Waals surface area (Å²) in [6, 6.07) is 3.20. The number of benzene rings is 1. The minimum Gasteiger partial charge on any atom is -0.492 e. The maximum Gasteiger partial charge on any atom is 0.241 e. The lowest BCUT2D eigenvalue weighted by Crippen LogP contribution is -2.44. The summed E-state index contributed by atoms with van der Waals surface area (Å²) >= 11 is 5.97. The topological polar surface area (TPSA) is 84.5 Å². The smallest absolute Gasteiger partial charge is 0.241 e. The zero-order valence-corrected chi connectivity index (χ0v) is 14.0. The highest BCUT2D eigenvalue weighted by Crippen LogP contribution is 2.27. The lowest BCUT2D eigenvalue weighted by Gasteiger charge is -2.14. The molecule has 0 aromatic heterocycles. The van der Waals surface area contributed by atoms with Crippen LogP contribution in [0.1, 0.15) is 13.8 Å². The third-order valence-corrected chi connectivity index (χ3v) is 4.49. The zero-order chi connectivity index (χ0) is 16.8. The second-order valence-corrected chi connectivity index (χ2v) is 6.52. The number of hydrogen-bond donors (Lipinski definition) is 2. The fraction of sp³-hybridized carbons (Fsp3) is 0.357. The van der Waals surface area contributed by atoms with Crippen molar-refractivity contribution in [2.75, 3.05) is 13.2 Å². The van der Waals surface area contributed by atoms with Crippen LogP contribution in [-0.2, 0) is 14.8 Å². The first-order chi connectivity index (χ1) is 10.3. The molecule has 0 aliphatic carbocycles. The van der Waals surface area contributed by atoms with Gasteiger partial charge in [0.2, 0.25) is 15.9 Å². The second kappa shape index (κ2) is 8.17. The van der Waals surface area contributed by atoms with Crippen molar-refractivity contribution in [3.05, 3.63) is 35.9 Å². The molecule has 0 fully saturated rings. The maximum absolute atomic E-state index is 12.2. The van der Waals surface area contributed by atoms with E-state index in [1.807, 2.05) is 0 Å². The van der Waals surface area contributed by atoms with Crippen molar-refractivity contribution in [3.63, 3.8) is 0 Å². The quantitative estimate of drug-likeness (QED) is 0.702. The average Bonchev–Trinajstić information content (AvgIpc) is 2.46. The number of sulfonamides is 1. The van der Waals surface area contributed by atoms with Crippen molar-refractivity contribution >= 4 is 27.5 Å². The van der Waals surface area contributed by atoms with E-state index in [0.29, 0.717) is 12.4 Å². The van der Waals surface area contributed by atoms with Crippen LogP contribution in [-0.4, -0.2) is 33.5 Å². The summed E-state index contributed by atoms with van der Waals surface area (Å²) < 4.78 is 32.0. The van der Waals surface area contributed by atoms with Crippen molar-refractivity contribution in [1.29, 1.82) is 0 Å². The molecule has 22 heavy (non-hydrogen) atoms. The molecule has 6 nitrogen and oxygen atoms in total. The van der Waals surface area contributed by atoms with E-state index >= 15 is 0 Å². The van der Waals surface area contributed by atoms with Gasteiger partial charge in [-0.2, -0.15) is 4.72 Å². The van der Waals surface area contributed by atoms with Gasteiger partial charge in [-0.05, 0) is 32.0 Å². The summed E-state index contributed by atoms with van der Waals surface area (Å²) in [7, 11) is -3.86. The Bertz CT molecular complexity index is 646. The number of ether oxygens (including phenoxy) is 1. The fourth-order valence-electron chi connectivity index (χ4n) is 1.60. The minimum atomic E-state index is -3.86. The van der Waals surface area contributed by atoms with Gasteiger partial charge in [-0.15, -0.1) is 6.58 Å². The van der Waals surface area contributed by atoms with Crippen LogP contribution in [0.4, 0.5) is 0 Å². The van der Waals surface area contributed by atoms with Gasteiger partial charge in [-0.25, -0.2) is 8.42 Å². The van der Waals surface area contributed by atoms with Crippen LogP contribution in [0, 0.1) is 0 Å². The molecule has 1 rings (SSSR count). The molecule has 0 saturated heterocycles. The zero-order valence-electron chi connectivity index (χ0n) is 12.4. The molecule has 0 aliphatic heterocycles. The Morgan fingerprint density at radius 1 is 1.50 bits per heavy atom. The maximum atomic E-state index is 12.2. The van der Waals surface area contributed by atoms with Crippen molar-refractivity contribution in [1.82, 2.24) is 10.0 Å². The highest BCUT2D eigenvalue weighted by Gasteiger charge is 2.22. The minimum absolute atomic E-state index is 0.0377. The van der Waals surface area contributed by atoms with Crippen LogP contribution in [0.15, 0.2) is 35.7 Å². The first kappa shape index (κ1) is 18.5. The molecule has 0 unspecified atom stereocenters. The van der Waals surface area contributed by atoms with Crippen molar-refractivity contribution in [2.24, 2.45) is 0 Å². The molecular formula is C14H19ClN2O4S. The summed E-state index contributed by atoms with van der Waals surface area (Å²) in [4.78, 5) is 11.6. The van der Waals surface area contributed by atoms with Crippen LogP contribution < -0.4 is 14.8 Å². The summed E-state index contributed by atoms with van der Waals surface area (Å²) in [5.41, 5.74) is 0. The SMILES string of the molecule is C=CCNC(=O)[C@@H](C)NS(=O)(=O)c1ccc(OCC)c(Cl)c1. The van der Waals surface area contributed by atoms with Crippen LogP contribution in [0.5, 0.6) is 5.75 Å². The molecule has 8 heteroatoms. The first-order valence-corrected chi connectivity index (χ1v) is 8.51. The third-order valence-electron chi connectivity index (χ3n) is 2.66. The van der Waals surface area contributed by atoms with E-state index in [4.69, 9.17) is 16.3 Å². The van der Waals surface area contributed by atoms with Gasteiger partial charge < -0.3 is 10.1 Å². The number of hydrogen-bond acceptors (Lipinski definition) is 4. The summed E-state index contributed by atoms with van der Waals surface area (Å²) in [5.74, 6) is -0.0413. The molecule has 1 aromatic rings. The van der Waals surface area contributed by atoms with E-state index in [1.54, 1.807) is 6.92 Å². The molecule has 0 radical (unpaired) electrons. The second-order valence-electron chi connectivity index (χ2n) is 4.40. The van der Waals surface area contributed by atoms with Gasteiger partial charge in [0, 0.05) is 6.54 Å². The number of carbonyl (C=O) groups excluding carboxylic acids is 1. The molecule has 0 bridgehead atoms. The van der Waals surface area contributed by atoms with Gasteiger partial charge in [0.15, 0.2) is 0 Å². The van der Waals surface area contributed by atoms with Crippen LogP contribution in [0.3, 0.4) is 0 Å². The molecule has 2 N–H and O–H groups in total. The number of halogens is 1. The predicted octanol–water partition coefficient (Wildman–Crippen LogP) is 1.71. The first-order valence-electron chi connectivity index (χ1n) is 6.65. The fourth-order valence-corrected chi connectivity index (χ4v) is 3.13. The van der Waals surface area contributed by atoms with Crippen molar-refractivity contribution in [3.8, 4) is 5.75 Å². The van der Waals surface area contributed by atoms with Crippen LogP contribution in [0.25, 0.3) is 0 Å². The Hall–Kier alpha value is -1.57. The Labute approximate surface area is 135 Å². The Morgan fingerprint density at radius 2 is 2.18 bits per heavy atom. The highest BCUT2D eigenvalue weighted by molar-refractivity contribution is 7.89. The number of carbonyl (C=O) groups is 1. The third kappa shape index (κ3) is 5.01. The average molecular weight is 347 g/mol. The molecule has 0 aliphatic rings. The van der Waals surface area contributed by atoms with Gasteiger partial charge in [0.1, 0.15) is 5.75 Å². The van der Waals surface area contributed by atoms with Crippen molar-refractivity contribution in [2.45, 2.75) is 24.8 Å². The van der Waals surface area contributed by atoms with Gasteiger partial charge in [-0.3, -0.25) is 4.79 Å². The lowest BCUT2D eigenvalue weighted by molar-refractivity contribution is -0.122. The van der Waals surface area contributed by atoms with Crippen LogP contribution in [0.2, 0.25) is 5.02 Å². The normalized spacial score (nSPS) is 12.5. The van der Waals surface area contributed by atoms with E-state index in [-0.39, 0.29) is 16.5 Å². The summed E-state index contributed by atoms with van der Waals surface area (Å²) in [6.45, 7) is 7.40. The van der Waals surface area contributed by atoms with Gasteiger partial charge >= 0.3 is 0 Å². The molecule has 0 spiro atoms. The number of rotatable bonds is 8. The molecule has 1 atom stereocenters. The van der Waals surface area contributed by atoms with E-state index in [2.05, 4.69) is 16.6 Å². The van der Waals surface area contributed by atoms with E-state index < -0.39 is 22.0 Å². The van der Waals surface area contributed by atoms with E-state index in [0.717, 1.165) is 0 Å². The Morgan fingerprint density at radius 3 is 2.73 bits per heavy atom. The monoisotopic (exact) mass is 346 g/mol. The summed E-state index contributed by atoms with van der Waals surface area (Å²) in [6.07, 6.45) is 1.51. The molecule has 1 amide bonds.